The van der Waals surface area contributed by atoms with E-state index in [1.807, 2.05) is 37.3 Å². The Balaban J connectivity index is 1.96. The average Bonchev–Trinajstić information content (AvgIpc) is 2.79. The van der Waals surface area contributed by atoms with Crippen molar-refractivity contribution in [1.29, 1.82) is 0 Å². The topological polar surface area (TPSA) is 78.9 Å². The Hall–Kier alpha value is -2.99. The minimum absolute atomic E-state index is 0.0329. The lowest BCUT2D eigenvalue weighted by atomic mass is 9.67. The Morgan fingerprint density at radius 1 is 0.967 bits per heavy atom. The summed E-state index contributed by atoms with van der Waals surface area (Å²) in [5.41, 5.74) is 0.836. The Bertz CT molecular complexity index is 887. The first-order chi connectivity index (χ1) is 14.4. The van der Waals surface area contributed by atoms with Crippen LogP contribution in [0.3, 0.4) is 0 Å². The molecule has 0 aromatic heterocycles. The van der Waals surface area contributed by atoms with Gasteiger partial charge in [-0.15, -0.1) is 0 Å². The van der Waals surface area contributed by atoms with Gasteiger partial charge in [-0.3, -0.25) is 14.4 Å². The fourth-order valence-electron chi connectivity index (χ4n) is 4.03. The van der Waals surface area contributed by atoms with E-state index in [2.05, 4.69) is 0 Å². The first-order valence-corrected chi connectivity index (χ1v) is 9.85. The van der Waals surface area contributed by atoms with Gasteiger partial charge in [-0.1, -0.05) is 60.2 Å². The van der Waals surface area contributed by atoms with Gasteiger partial charge in [0.2, 0.25) is 0 Å². The van der Waals surface area contributed by atoms with Gasteiger partial charge in [0.15, 0.2) is 11.2 Å². The monoisotopic (exact) mass is 410 g/mol. The quantitative estimate of drug-likeness (QED) is 0.411. The van der Waals surface area contributed by atoms with Crippen LogP contribution in [0.2, 0.25) is 0 Å². The largest absolute Gasteiger partial charge is 0.468 e. The van der Waals surface area contributed by atoms with Gasteiger partial charge in [0.25, 0.3) is 0 Å². The molecule has 1 aliphatic heterocycles. The summed E-state index contributed by atoms with van der Waals surface area (Å²) in [6.07, 6.45) is -0.483. The number of benzene rings is 2. The number of Topliss-reactive ketones (excluding diaryl/α,β-unsaturated/α-hetero) is 1. The zero-order chi connectivity index (χ0) is 21.7. The number of hydrogen-bond donors (Lipinski definition) is 0. The number of aryl methyl sites for hydroxylation is 1. The van der Waals surface area contributed by atoms with Crippen LogP contribution < -0.4 is 0 Å². The predicted molar refractivity (Wildman–Crippen MR) is 110 cm³/mol. The van der Waals surface area contributed by atoms with Crippen LogP contribution in [0.4, 0.5) is 0 Å². The molecule has 2 atom stereocenters. The van der Waals surface area contributed by atoms with Crippen molar-refractivity contribution in [2.24, 2.45) is 11.3 Å². The maximum absolute atomic E-state index is 13.0. The average molecular weight is 410 g/mol. The second kappa shape index (κ2) is 9.22. The highest BCUT2D eigenvalue weighted by Crippen LogP contribution is 2.47. The van der Waals surface area contributed by atoms with Crippen molar-refractivity contribution < 1.29 is 28.6 Å². The predicted octanol–water partition coefficient (Wildman–Crippen LogP) is 3.68. The molecule has 2 aromatic rings. The lowest BCUT2D eigenvalue weighted by Crippen LogP contribution is -2.53. The summed E-state index contributed by atoms with van der Waals surface area (Å²) >= 11 is 0. The van der Waals surface area contributed by atoms with Crippen molar-refractivity contribution in [3.63, 3.8) is 0 Å². The molecule has 1 aliphatic rings. The van der Waals surface area contributed by atoms with E-state index in [0.717, 1.165) is 11.1 Å². The van der Waals surface area contributed by atoms with Crippen LogP contribution in [0.15, 0.2) is 54.6 Å². The molecule has 0 aliphatic carbocycles. The molecule has 1 fully saturated rings. The third-order valence-electron chi connectivity index (χ3n) is 5.78. The number of carbonyl (C=O) groups is 3. The Kier molecular flexibility index (Phi) is 6.67. The van der Waals surface area contributed by atoms with Crippen molar-refractivity contribution in [3.05, 3.63) is 71.3 Å². The molecule has 0 unspecified atom stereocenters. The normalized spacial score (nSPS) is 20.2. The van der Waals surface area contributed by atoms with Crippen LogP contribution in [0.25, 0.3) is 0 Å². The highest BCUT2D eigenvalue weighted by molar-refractivity contribution is 6.02. The third kappa shape index (κ3) is 4.14. The lowest BCUT2D eigenvalue weighted by molar-refractivity contribution is -0.189. The standard InChI is InChI=1S/C24H26O6/c1-16-9-11-18(12-10-16)21-14-24(22(26)28-2,23(27)29-3)19(15-30-21)13-20(25)17-7-5-4-6-8-17/h4-12,19,21H,13-15H2,1-3H3/t19-,21-/m1/s1. The summed E-state index contributed by atoms with van der Waals surface area (Å²) in [4.78, 5) is 38.8. The maximum atomic E-state index is 13.0. The van der Waals surface area contributed by atoms with E-state index < -0.39 is 29.4 Å². The van der Waals surface area contributed by atoms with Crippen LogP contribution in [0.5, 0.6) is 0 Å². The molecule has 0 N–H and O–H groups in total. The Morgan fingerprint density at radius 2 is 1.57 bits per heavy atom. The number of ketones is 1. The van der Waals surface area contributed by atoms with Crippen LogP contribution in [0.1, 0.15) is 40.4 Å². The highest BCUT2D eigenvalue weighted by atomic mass is 16.5. The second-order valence-corrected chi connectivity index (χ2v) is 7.58. The fourth-order valence-corrected chi connectivity index (χ4v) is 4.03. The number of methoxy groups -OCH3 is 2. The summed E-state index contributed by atoms with van der Waals surface area (Å²) < 4.78 is 16.1. The van der Waals surface area contributed by atoms with Gasteiger partial charge in [0.1, 0.15) is 0 Å². The first kappa shape index (κ1) is 21.7. The van der Waals surface area contributed by atoms with E-state index in [0.29, 0.717) is 5.56 Å². The van der Waals surface area contributed by atoms with Crippen LogP contribution in [0, 0.1) is 18.3 Å². The van der Waals surface area contributed by atoms with E-state index >= 15 is 0 Å². The maximum Gasteiger partial charge on any atom is 0.323 e. The van der Waals surface area contributed by atoms with Gasteiger partial charge < -0.3 is 14.2 Å². The van der Waals surface area contributed by atoms with E-state index in [1.165, 1.54) is 14.2 Å². The highest BCUT2D eigenvalue weighted by Gasteiger charge is 2.58. The number of esters is 2. The molecule has 0 radical (unpaired) electrons. The molecular weight excluding hydrogens is 384 g/mol. The van der Waals surface area contributed by atoms with Crippen molar-refractivity contribution in [1.82, 2.24) is 0 Å². The van der Waals surface area contributed by atoms with Gasteiger partial charge in [-0.25, -0.2) is 0 Å². The van der Waals surface area contributed by atoms with Gasteiger partial charge in [-0.05, 0) is 12.5 Å². The van der Waals surface area contributed by atoms with Crippen molar-refractivity contribution >= 4 is 17.7 Å². The van der Waals surface area contributed by atoms with Crippen LogP contribution in [-0.4, -0.2) is 38.5 Å². The second-order valence-electron chi connectivity index (χ2n) is 7.58. The molecule has 1 heterocycles. The molecule has 0 amide bonds. The number of rotatable bonds is 6. The van der Waals surface area contributed by atoms with Crippen LogP contribution >= 0.6 is 0 Å². The number of ether oxygens (including phenoxy) is 3. The molecule has 0 spiro atoms. The molecule has 2 aromatic carbocycles. The molecule has 158 valence electrons. The minimum Gasteiger partial charge on any atom is -0.468 e. The van der Waals surface area contributed by atoms with Gasteiger partial charge in [0, 0.05) is 24.3 Å². The van der Waals surface area contributed by atoms with Crippen molar-refractivity contribution in [2.45, 2.75) is 25.9 Å². The zero-order valence-electron chi connectivity index (χ0n) is 17.4. The van der Waals surface area contributed by atoms with Crippen LogP contribution in [-0.2, 0) is 23.8 Å². The number of carbonyl (C=O) groups excluding carboxylic acids is 3. The zero-order valence-corrected chi connectivity index (χ0v) is 17.4. The Labute approximate surface area is 176 Å². The van der Waals surface area contributed by atoms with Crippen molar-refractivity contribution in [2.75, 3.05) is 20.8 Å². The molecule has 0 bridgehead atoms. The third-order valence-corrected chi connectivity index (χ3v) is 5.78. The first-order valence-electron chi connectivity index (χ1n) is 9.85. The molecular formula is C24H26O6. The van der Waals surface area contributed by atoms with Gasteiger partial charge in [0.05, 0.1) is 26.9 Å². The molecule has 6 nitrogen and oxygen atoms in total. The minimum atomic E-state index is -1.62. The number of hydrogen-bond acceptors (Lipinski definition) is 6. The summed E-state index contributed by atoms with van der Waals surface area (Å²) in [5.74, 6) is -2.29. The fraction of sp³-hybridized carbons (Fsp3) is 0.375. The molecule has 30 heavy (non-hydrogen) atoms. The van der Waals surface area contributed by atoms with E-state index in [1.54, 1.807) is 24.3 Å². The smallest absolute Gasteiger partial charge is 0.323 e. The summed E-state index contributed by atoms with van der Waals surface area (Å²) in [6, 6.07) is 16.5. The Morgan fingerprint density at radius 3 is 2.13 bits per heavy atom. The summed E-state index contributed by atoms with van der Waals surface area (Å²) in [6.45, 7) is 2.03. The van der Waals surface area contributed by atoms with Gasteiger partial charge in [-0.2, -0.15) is 0 Å². The molecule has 0 saturated carbocycles. The van der Waals surface area contributed by atoms with E-state index in [9.17, 15) is 14.4 Å². The van der Waals surface area contributed by atoms with Crippen molar-refractivity contribution in [3.8, 4) is 0 Å². The summed E-state index contributed by atoms with van der Waals surface area (Å²) in [5, 5.41) is 0. The van der Waals surface area contributed by atoms with E-state index in [-0.39, 0.29) is 25.2 Å². The molecule has 1 saturated heterocycles. The molecule has 6 heteroatoms. The van der Waals surface area contributed by atoms with Gasteiger partial charge >= 0.3 is 11.9 Å². The SMILES string of the molecule is COC(=O)C1(C(=O)OC)C[C@H](c2ccc(C)cc2)OC[C@H]1CC(=O)c1ccccc1. The lowest BCUT2D eigenvalue weighted by Gasteiger charge is -2.42. The van der Waals surface area contributed by atoms with E-state index in [4.69, 9.17) is 14.2 Å². The molecule has 3 rings (SSSR count). The summed E-state index contributed by atoms with van der Waals surface area (Å²) in [7, 11) is 2.47.